The van der Waals surface area contributed by atoms with Crippen LogP contribution in [0.4, 0.5) is 11.5 Å². The second kappa shape index (κ2) is 8.91. The molecule has 2 aliphatic rings. The van der Waals surface area contributed by atoms with Crippen molar-refractivity contribution in [1.29, 1.82) is 0 Å². The number of pyridine rings is 1. The summed E-state index contributed by atoms with van der Waals surface area (Å²) in [6.45, 7) is 4.88. The Labute approximate surface area is 180 Å². The standard InChI is InChI=1S/C20H26N4O4S2/c25-20(26)16-11-17(22-30(27,28)18-6-4-10-29-18)19(21-12-16)24-9-3-5-15(14-24)13-23-7-1-2-8-23/h4,6,10-12,15,22H,1-3,5,7-9,13-14H2,(H,25,26). The van der Waals surface area contributed by atoms with Crippen LogP contribution >= 0.6 is 11.3 Å². The number of aromatic carboxylic acids is 1. The van der Waals surface area contributed by atoms with E-state index in [0.29, 0.717) is 11.7 Å². The zero-order valence-electron chi connectivity index (χ0n) is 16.7. The predicted octanol–water partition coefficient (Wildman–Crippen LogP) is 2.95. The van der Waals surface area contributed by atoms with E-state index in [0.717, 1.165) is 56.9 Å². The van der Waals surface area contributed by atoms with Crippen LogP contribution in [-0.2, 0) is 10.0 Å². The maximum absolute atomic E-state index is 12.8. The minimum absolute atomic E-state index is 0.0479. The number of piperidine rings is 1. The van der Waals surface area contributed by atoms with Crippen molar-refractivity contribution in [3.05, 3.63) is 35.3 Å². The van der Waals surface area contributed by atoms with E-state index in [9.17, 15) is 18.3 Å². The molecule has 4 heterocycles. The van der Waals surface area contributed by atoms with Gasteiger partial charge in [-0.15, -0.1) is 11.3 Å². The van der Waals surface area contributed by atoms with Gasteiger partial charge in [-0.3, -0.25) is 4.72 Å². The van der Waals surface area contributed by atoms with Gasteiger partial charge in [-0.1, -0.05) is 6.07 Å². The lowest BCUT2D eigenvalue weighted by molar-refractivity contribution is 0.0696. The number of carbonyl (C=O) groups is 1. The Morgan fingerprint density at radius 2 is 2.07 bits per heavy atom. The summed E-state index contributed by atoms with van der Waals surface area (Å²) in [6.07, 6.45) is 5.94. The van der Waals surface area contributed by atoms with E-state index in [1.807, 2.05) is 0 Å². The molecule has 2 fully saturated rings. The Morgan fingerprint density at radius 1 is 1.27 bits per heavy atom. The second-order valence-electron chi connectivity index (χ2n) is 7.90. The molecule has 2 aromatic heterocycles. The molecule has 162 valence electrons. The van der Waals surface area contributed by atoms with Gasteiger partial charge < -0.3 is 14.9 Å². The first-order valence-electron chi connectivity index (χ1n) is 10.2. The number of thiophene rings is 1. The highest BCUT2D eigenvalue weighted by Crippen LogP contribution is 2.31. The molecule has 30 heavy (non-hydrogen) atoms. The van der Waals surface area contributed by atoms with Crippen molar-refractivity contribution in [2.45, 2.75) is 29.9 Å². The third kappa shape index (κ3) is 4.76. The van der Waals surface area contributed by atoms with Crippen LogP contribution in [-0.4, -0.2) is 62.1 Å². The van der Waals surface area contributed by atoms with Crippen molar-refractivity contribution in [3.63, 3.8) is 0 Å². The summed E-state index contributed by atoms with van der Waals surface area (Å²) in [5, 5.41) is 11.0. The van der Waals surface area contributed by atoms with Crippen molar-refractivity contribution >= 4 is 38.8 Å². The van der Waals surface area contributed by atoms with E-state index in [4.69, 9.17) is 0 Å². The van der Waals surface area contributed by atoms with Gasteiger partial charge in [0.25, 0.3) is 10.0 Å². The summed E-state index contributed by atoms with van der Waals surface area (Å²) >= 11 is 1.11. The van der Waals surface area contributed by atoms with Gasteiger partial charge in [0.1, 0.15) is 4.21 Å². The first kappa shape index (κ1) is 21.1. The van der Waals surface area contributed by atoms with Gasteiger partial charge >= 0.3 is 5.97 Å². The summed E-state index contributed by atoms with van der Waals surface area (Å²) in [7, 11) is -3.81. The number of anilines is 2. The number of hydrogen-bond donors (Lipinski definition) is 2. The van der Waals surface area contributed by atoms with E-state index in [2.05, 4.69) is 19.5 Å². The summed E-state index contributed by atoms with van der Waals surface area (Å²) < 4.78 is 28.3. The zero-order valence-corrected chi connectivity index (χ0v) is 18.3. The number of rotatable bonds is 7. The molecule has 0 saturated carbocycles. The molecule has 1 unspecified atom stereocenters. The first-order valence-corrected chi connectivity index (χ1v) is 12.6. The molecule has 0 bridgehead atoms. The molecule has 2 N–H and O–H groups in total. The molecule has 4 rings (SSSR count). The Balaban J connectivity index is 1.59. The van der Waals surface area contributed by atoms with Crippen molar-refractivity contribution < 1.29 is 18.3 Å². The van der Waals surface area contributed by atoms with Gasteiger partial charge in [-0.25, -0.2) is 18.2 Å². The summed E-state index contributed by atoms with van der Waals surface area (Å²) in [4.78, 5) is 20.4. The average molecular weight is 451 g/mol. The highest BCUT2D eigenvalue weighted by molar-refractivity contribution is 7.94. The van der Waals surface area contributed by atoms with E-state index >= 15 is 0 Å². The quantitative estimate of drug-likeness (QED) is 0.668. The third-order valence-corrected chi connectivity index (χ3v) is 8.41. The molecule has 10 heteroatoms. The number of hydrogen-bond acceptors (Lipinski definition) is 7. The number of sulfonamides is 1. The van der Waals surface area contributed by atoms with Crippen LogP contribution in [0, 0.1) is 5.92 Å². The van der Waals surface area contributed by atoms with Crippen LogP contribution in [0.5, 0.6) is 0 Å². The van der Waals surface area contributed by atoms with Crippen molar-refractivity contribution in [3.8, 4) is 0 Å². The molecule has 1 atom stereocenters. The fourth-order valence-electron chi connectivity index (χ4n) is 4.25. The SMILES string of the molecule is O=C(O)c1cnc(N2CCCC(CN3CCCC3)C2)c(NS(=O)(=O)c2cccs2)c1. The van der Waals surface area contributed by atoms with Gasteiger partial charge in [0.05, 0.1) is 11.3 Å². The molecular weight excluding hydrogens is 424 g/mol. The van der Waals surface area contributed by atoms with Crippen molar-refractivity contribution in [2.75, 3.05) is 42.3 Å². The van der Waals surface area contributed by atoms with Gasteiger partial charge in [-0.05, 0) is 62.2 Å². The van der Waals surface area contributed by atoms with E-state index < -0.39 is 16.0 Å². The van der Waals surface area contributed by atoms with Gasteiger partial charge in [0, 0.05) is 25.8 Å². The fraction of sp³-hybridized carbons (Fsp3) is 0.500. The molecule has 0 aromatic carbocycles. The van der Waals surface area contributed by atoms with Crippen LogP contribution in [0.1, 0.15) is 36.0 Å². The lowest BCUT2D eigenvalue weighted by Crippen LogP contribution is -2.41. The summed E-state index contributed by atoms with van der Waals surface area (Å²) in [5.41, 5.74) is 0.165. The van der Waals surface area contributed by atoms with Gasteiger partial charge in [-0.2, -0.15) is 0 Å². The van der Waals surface area contributed by atoms with Crippen molar-refractivity contribution in [1.82, 2.24) is 9.88 Å². The minimum atomic E-state index is -3.81. The highest BCUT2D eigenvalue weighted by atomic mass is 32.2. The maximum atomic E-state index is 12.8. The summed E-state index contributed by atoms with van der Waals surface area (Å²) in [6, 6.07) is 4.55. The summed E-state index contributed by atoms with van der Waals surface area (Å²) in [5.74, 6) is -0.165. The predicted molar refractivity (Wildman–Crippen MR) is 117 cm³/mol. The average Bonchev–Trinajstić information content (AvgIpc) is 3.42. The first-order chi connectivity index (χ1) is 14.4. The lowest BCUT2D eigenvalue weighted by Gasteiger charge is -2.36. The molecule has 0 spiro atoms. The second-order valence-corrected chi connectivity index (χ2v) is 10.8. The van der Waals surface area contributed by atoms with Gasteiger partial charge in [0.2, 0.25) is 0 Å². The van der Waals surface area contributed by atoms with Crippen LogP contribution in [0.15, 0.2) is 34.0 Å². The van der Waals surface area contributed by atoms with Crippen LogP contribution in [0.3, 0.4) is 0 Å². The van der Waals surface area contributed by atoms with Crippen molar-refractivity contribution in [2.24, 2.45) is 5.92 Å². The molecule has 0 amide bonds. The largest absolute Gasteiger partial charge is 0.478 e. The Hall–Kier alpha value is -2.17. The molecule has 2 aromatic rings. The van der Waals surface area contributed by atoms with E-state index in [1.54, 1.807) is 11.4 Å². The highest BCUT2D eigenvalue weighted by Gasteiger charge is 2.27. The number of carboxylic acids is 1. The zero-order chi connectivity index (χ0) is 21.1. The van der Waals surface area contributed by atoms with E-state index in [-0.39, 0.29) is 15.5 Å². The normalized spacial score (nSPS) is 20.4. The van der Waals surface area contributed by atoms with E-state index in [1.165, 1.54) is 31.2 Å². The number of nitrogens with zero attached hydrogens (tertiary/aromatic N) is 3. The van der Waals surface area contributed by atoms with Gasteiger partial charge in [0.15, 0.2) is 5.82 Å². The molecular formula is C20H26N4O4S2. The smallest absolute Gasteiger partial charge is 0.337 e. The fourth-order valence-corrected chi connectivity index (χ4v) is 6.29. The molecule has 8 nitrogen and oxygen atoms in total. The minimum Gasteiger partial charge on any atom is -0.478 e. The molecule has 0 aliphatic carbocycles. The monoisotopic (exact) mass is 450 g/mol. The number of aromatic nitrogens is 1. The molecule has 0 radical (unpaired) electrons. The number of nitrogens with one attached hydrogen (secondary N) is 1. The third-order valence-electron chi connectivity index (χ3n) is 5.65. The Morgan fingerprint density at radius 3 is 2.77 bits per heavy atom. The van der Waals surface area contributed by atoms with Crippen LogP contribution < -0.4 is 9.62 Å². The van der Waals surface area contributed by atoms with Crippen LogP contribution in [0.25, 0.3) is 0 Å². The maximum Gasteiger partial charge on any atom is 0.337 e. The topological polar surface area (TPSA) is 103 Å². The van der Waals surface area contributed by atoms with Crippen LogP contribution in [0.2, 0.25) is 0 Å². The number of likely N-dealkylation sites (tertiary alicyclic amines) is 1. The lowest BCUT2D eigenvalue weighted by atomic mass is 9.97. The molecule has 2 aliphatic heterocycles. The molecule has 2 saturated heterocycles. The Kier molecular flexibility index (Phi) is 6.26. The Bertz CT molecular complexity index is 988. The number of carboxylic acid groups (broad SMARTS) is 1.